The molecule has 1 saturated heterocycles. The van der Waals surface area contributed by atoms with Crippen molar-refractivity contribution in [2.45, 2.75) is 19.3 Å². The molecule has 0 amide bonds. The molecule has 1 fully saturated rings. The Kier molecular flexibility index (Phi) is 3.75. The summed E-state index contributed by atoms with van der Waals surface area (Å²) in [5.41, 5.74) is 1.33. The first-order valence-corrected chi connectivity index (χ1v) is 7.41. The molecule has 2 aliphatic rings. The molecule has 1 N–H and O–H groups in total. The van der Waals surface area contributed by atoms with Gasteiger partial charge in [-0.1, -0.05) is 15.9 Å². The molecule has 0 spiro atoms. The van der Waals surface area contributed by atoms with Gasteiger partial charge in [0.1, 0.15) is 13.2 Å². The van der Waals surface area contributed by atoms with Crippen LogP contribution in [-0.4, -0.2) is 26.3 Å². The molecule has 3 nitrogen and oxygen atoms in total. The molecule has 0 saturated carbocycles. The number of hydrogen-bond acceptors (Lipinski definition) is 3. The van der Waals surface area contributed by atoms with Crippen LogP contribution in [0.1, 0.15) is 18.4 Å². The SMILES string of the molecule is Brc1cc2c(cc1CC1CCCNC1)OCCO2. The van der Waals surface area contributed by atoms with E-state index >= 15 is 0 Å². The molecule has 0 aliphatic carbocycles. The van der Waals surface area contributed by atoms with Crippen LogP contribution in [-0.2, 0) is 6.42 Å². The molecule has 2 aliphatic heterocycles. The predicted octanol–water partition coefficient (Wildman–Crippen LogP) is 2.76. The van der Waals surface area contributed by atoms with Crippen LogP contribution in [0.2, 0.25) is 0 Å². The second-order valence-corrected chi connectivity index (χ2v) is 5.86. The van der Waals surface area contributed by atoms with Crippen molar-refractivity contribution in [3.05, 3.63) is 22.2 Å². The highest BCUT2D eigenvalue weighted by Crippen LogP contribution is 2.36. The van der Waals surface area contributed by atoms with E-state index in [2.05, 4.69) is 27.3 Å². The Morgan fingerprint density at radius 3 is 2.72 bits per heavy atom. The Labute approximate surface area is 116 Å². The van der Waals surface area contributed by atoms with Gasteiger partial charge >= 0.3 is 0 Å². The molecule has 3 rings (SSSR count). The summed E-state index contributed by atoms with van der Waals surface area (Å²) in [5, 5.41) is 3.47. The fraction of sp³-hybridized carbons (Fsp3) is 0.571. The van der Waals surface area contributed by atoms with Gasteiger partial charge in [-0.15, -0.1) is 0 Å². The molecule has 4 heteroatoms. The molecule has 2 heterocycles. The minimum atomic E-state index is 0.644. The van der Waals surface area contributed by atoms with Crippen molar-refractivity contribution < 1.29 is 9.47 Å². The highest BCUT2D eigenvalue weighted by molar-refractivity contribution is 9.10. The van der Waals surface area contributed by atoms with Crippen LogP contribution in [0, 0.1) is 5.92 Å². The number of hydrogen-bond donors (Lipinski definition) is 1. The third-order valence-electron chi connectivity index (χ3n) is 3.62. The van der Waals surface area contributed by atoms with Crippen LogP contribution in [0.5, 0.6) is 11.5 Å². The minimum Gasteiger partial charge on any atom is -0.486 e. The topological polar surface area (TPSA) is 30.5 Å². The van der Waals surface area contributed by atoms with Gasteiger partial charge in [-0.3, -0.25) is 0 Å². The van der Waals surface area contributed by atoms with Gasteiger partial charge in [0.05, 0.1) is 0 Å². The monoisotopic (exact) mass is 311 g/mol. The number of nitrogens with one attached hydrogen (secondary N) is 1. The summed E-state index contributed by atoms with van der Waals surface area (Å²) in [6.07, 6.45) is 3.70. The zero-order chi connectivity index (χ0) is 12.4. The highest BCUT2D eigenvalue weighted by Gasteiger charge is 2.18. The molecule has 1 atom stereocenters. The maximum Gasteiger partial charge on any atom is 0.162 e. The molecule has 0 radical (unpaired) electrons. The van der Waals surface area contributed by atoms with Gasteiger partial charge in [-0.25, -0.2) is 0 Å². The van der Waals surface area contributed by atoms with Crippen LogP contribution in [0.15, 0.2) is 16.6 Å². The van der Waals surface area contributed by atoms with Crippen LogP contribution in [0.25, 0.3) is 0 Å². The Morgan fingerprint density at radius 2 is 2.00 bits per heavy atom. The average Bonchev–Trinajstić information content (AvgIpc) is 2.41. The zero-order valence-corrected chi connectivity index (χ0v) is 12.0. The zero-order valence-electron chi connectivity index (χ0n) is 10.4. The lowest BCUT2D eigenvalue weighted by Crippen LogP contribution is -2.30. The number of piperidine rings is 1. The molecule has 1 aromatic rings. The van der Waals surface area contributed by atoms with Crippen molar-refractivity contribution >= 4 is 15.9 Å². The van der Waals surface area contributed by atoms with Crippen molar-refractivity contribution in [1.82, 2.24) is 5.32 Å². The Balaban J connectivity index is 1.78. The maximum absolute atomic E-state index is 5.65. The molecular formula is C14H18BrNO2. The lowest BCUT2D eigenvalue weighted by atomic mass is 9.92. The maximum atomic E-state index is 5.65. The summed E-state index contributed by atoms with van der Waals surface area (Å²) >= 11 is 3.65. The normalized spacial score (nSPS) is 22.8. The van der Waals surface area contributed by atoms with Gasteiger partial charge < -0.3 is 14.8 Å². The summed E-state index contributed by atoms with van der Waals surface area (Å²) in [6.45, 7) is 3.59. The van der Waals surface area contributed by atoms with Crippen molar-refractivity contribution in [2.75, 3.05) is 26.3 Å². The predicted molar refractivity (Wildman–Crippen MR) is 74.4 cm³/mol. The van der Waals surface area contributed by atoms with Gasteiger partial charge in [0, 0.05) is 4.47 Å². The van der Waals surface area contributed by atoms with Gasteiger partial charge in [0.2, 0.25) is 0 Å². The van der Waals surface area contributed by atoms with Gasteiger partial charge in [0.15, 0.2) is 11.5 Å². The van der Waals surface area contributed by atoms with Crippen LogP contribution in [0.4, 0.5) is 0 Å². The first kappa shape index (κ1) is 12.3. The Bertz CT molecular complexity index is 430. The van der Waals surface area contributed by atoms with E-state index in [0.717, 1.165) is 34.9 Å². The van der Waals surface area contributed by atoms with Crippen LogP contribution < -0.4 is 14.8 Å². The number of benzene rings is 1. The summed E-state index contributed by atoms with van der Waals surface area (Å²) in [4.78, 5) is 0. The second kappa shape index (κ2) is 5.49. The van der Waals surface area contributed by atoms with Gasteiger partial charge in [-0.05, 0) is 56.0 Å². The molecule has 18 heavy (non-hydrogen) atoms. The van der Waals surface area contributed by atoms with Crippen molar-refractivity contribution in [2.24, 2.45) is 5.92 Å². The van der Waals surface area contributed by atoms with E-state index in [9.17, 15) is 0 Å². The van der Waals surface area contributed by atoms with E-state index in [0.29, 0.717) is 13.2 Å². The van der Waals surface area contributed by atoms with Gasteiger partial charge in [0.25, 0.3) is 0 Å². The lowest BCUT2D eigenvalue weighted by molar-refractivity contribution is 0.171. The average molecular weight is 312 g/mol. The minimum absolute atomic E-state index is 0.644. The quantitative estimate of drug-likeness (QED) is 0.911. The molecule has 0 aromatic heterocycles. The third-order valence-corrected chi connectivity index (χ3v) is 4.36. The van der Waals surface area contributed by atoms with E-state index < -0.39 is 0 Å². The van der Waals surface area contributed by atoms with E-state index in [1.165, 1.54) is 24.9 Å². The number of rotatable bonds is 2. The lowest BCUT2D eigenvalue weighted by Gasteiger charge is -2.24. The van der Waals surface area contributed by atoms with E-state index in [1.807, 2.05) is 6.07 Å². The fourth-order valence-corrected chi connectivity index (χ4v) is 3.16. The molecule has 98 valence electrons. The van der Waals surface area contributed by atoms with Crippen molar-refractivity contribution in [1.29, 1.82) is 0 Å². The van der Waals surface area contributed by atoms with Crippen LogP contribution >= 0.6 is 15.9 Å². The Morgan fingerprint density at radius 1 is 1.22 bits per heavy atom. The first-order valence-electron chi connectivity index (χ1n) is 6.61. The number of ether oxygens (including phenoxy) is 2. The van der Waals surface area contributed by atoms with E-state index in [1.54, 1.807) is 0 Å². The second-order valence-electron chi connectivity index (χ2n) is 5.00. The smallest absolute Gasteiger partial charge is 0.162 e. The first-order chi connectivity index (χ1) is 8.83. The Hall–Kier alpha value is -0.740. The van der Waals surface area contributed by atoms with E-state index in [4.69, 9.17) is 9.47 Å². The van der Waals surface area contributed by atoms with Crippen molar-refractivity contribution in [3.8, 4) is 11.5 Å². The fourth-order valence-electron chi connectivity index (χ4n) is 2.67. The van der Waals surface area contributed by atoms with E-state index in [-0.39, 0.29) is 0 Å². The molecule has 1 aromatic carbocycles. The largest absolute Gasteiger partial charge is 0.486 e. The number of halogens is 1. The number of fused-ring (bicyclic) bond motifs is 1. The standard InChI is InChI=1S/C14H18BrNO2/c15-12-8-14-13(17-4-5-18-14)7-11(12)6-10-2-1-3-16-9-10/h7-8,10,16H,1-6,9H2. The summed E-state index contributed by atoms with van der Waals surface area (Å²) in [5.74, 6) is 2.49. The van der Waals surface area contributed by atoms with Gasteiger partial charge in [-0.2, -0.15) is 0 Å². The molecule has 1 unspecified atom stereocenters. The molecular weight excluding hydrogens is 294 g/mol. The summed E-state index contributed by atoms with van der Waals surface area (Å²) in [6, 6.07) is 4.17. The summed E-state index contributed by atoms with van der Waals surface area (Å²) in [7, 11) is 0. The summed E-state index contributed by atoms with van der Waals surface area (Å²) < 4.78 is 12.4. The highest BCUT2D eigenvalue weighted by atomic mass is 79.9. The molecule has 0 bridgehead atoms. The van der Waals surface area contributed by atoms with Crippen LogP contribution in [0.3, 0.4) is 0 Å². The van der Waals surface area contributed by atoms with Crippen molar-refractivity contribution in [3.63, 3.8) is 0 Å². The third kappa shape index (κ3) is 2.64.